The SMILES string of the molecule is CCCCNc1nccn1C1CCC(C)C1. The molecular formula is C13H23N3. The Morgan fingerprint density at radius 1 is 1.50 bits per heavy atom. The van der Waals surface area contributed by atoms with Crippen LogP contribution in [0.2, 0.25) is 0 Å². The fourth-order valence-corrected chi connectivity index (χ4v) is 2.55. The Morgan fingerprint density at radius 3 is 3.06 bits per heavy atom. The van der Waals surface area contributed by atoms with Gasteiger partial charge >= 0.3 is 0 Å². The Morgan fingerprint density at radius 2 is 2.38 bits per heavy atom. The monoisotopic (exact) mass is 221 g/mol. The summed E-state index contributed by atoms with van der Waals surface area (Å²) in [6.07, 6.45) is 10.5. The molecule has 3 nitrogen and oxygen atoms in total. The van der Waals surface area contributed by atoms with E-state index in [4.69, 9.17) is 0 Å². The zero-order valence-electron chi connectivity index (χ0n) is 10.4. The lowest BCUT2D eigenvalue weighted by Gasteiger charge is -2.15. The molecule has 1 fully saturated rings. The fourth-order valence-electron chi connectivity index (χ4n) is 2.55. The van der Waals surface area contributed by atoms with Gasteiger partial charge in [-0.1, -0.05) is 20.3 Å². The predicted octanol–water partition coefficient (Wildman–Crippen LogP) is 3.46. The number of unbranched alkanes of at least 4 members (excludes halogenated alkanes) is 1. The van der Waals surface area contributed by atoms with E-state index in [-0.39, 0.29) is 0 Å². The Bertz CT molecular complexity index is 319. The van der Waals surface area contributed by atoms with Crippen LogP contribution in [-0.4, -0.2) is 16.1 Å². The van der Waals surface area contributed by atoms with Gasteiger partial charge in [-0.25, -0.2) is 4.98 Å². The molecule has 1 aliphatic carbocycles. The number of aromatic nitrogens is 2. The average Bonchev–Trinajstić information content (AvgIpc) is 2.87. The van der Waals surface area contributed by atoms with Crippen molar-refractivity contribution in [1.29, 1.82) is 0 Å². The van der Waals surface area contributed by atoms with Crippen molar-refractivity contribution in [3.63, 3.8) is 0 Å². The average molecular weight is 221 g/mol. The van der Waals surface area contributed by atoms with Crippen molar-refractivity contribution in [1.82, 2.24) is 9.55 Å². The van der Waals surface area contributed by atoms with Gasteiger partial charge in [0, 0.05) is 25.0 Å². The summed E-state index contributed by atoms with van der Waals surface area (Å²) in [6.45, 7) is 5.60. The highest BCUT2D eigenvalue weighted by Gasteiger charge is 2.23. The van der Waals surface area contributed by atoms with Crippen LogP contribution in [0.25, 0.3) is 0 Å². The summed E-state index contributed by atoms with van der Waals surface area (Å²) < 4.78 is 2.33. The van der Waals surface area contributed by atoms with Gasteiger partial charge in [-0.3, -0.25) is 0 Å². The highest BCUT2D eigenvalue weighted by Crippen LogP contribution is 2.35. The number of imidazole rings is 1. The van der Waals surface area contributed by atoms with Crippen LogP contribution in [0.5, 0.6) is 0 Å². The molecule has 2 atom stereocenters. The van der Waals surface area contributed by atoms with Gasteiger partial charge in [-0.05, 0) is 31.6 Å². The van der Waals surface area contributed by atoms with Crippen molar-refractivity contribution >= 4 is 5.95 Å². The van der Waals surface area contributed by atoms with Crippen molar-refractivity contribution in [2.24, 2.45) is 5.92 Å². The number of hydrogen-bond acceptors (Lipinski definition) is 2. The summed E-state index contributed by atoms with van der Waals surface area (Å²) in [5, 5.41) is 3.44. The molecule has 0 saturated heterocycles. The molecule has 2 unspecified atom stereocenters. The van der Waals surface area contributed by atoms with E-state index in [0.29, 0.717) is 6.04 Å². The molecule has 90 valence electrons. The molecule has 0 aromatic carbocycles. The molecule has 2 rings (SSSR count). The van der Waals surface area contributed by atoms with E-state index < -0.39 is 0 Å². The number of hydrogen-bond donors (Lipinski definition) is 1. The van der Waals surface area contributed by atoms with Crippen molar-refractivity contribution in [2.45, 2.75) is 52.0 Å². The number of nitrogens with one attached hydrogen (secondary N) is 1. The molecule has 0 spiro atoms. The number of anilines is 1. The van der Waals surface area contributed by atoms with Gasteiger partial charge in [0.05, 0.1) is 0 Å². The molecule has 1 saturated carbocycles. The van der Waals surface area contributed by atoms with Crippen LogP contribution < -0.4 is 5.32 Å². The predicted molar refractivity (Wildman–Crippen MR) is 67.7 cm³/mol. The summed E-state index contributed by atoms with van der Waals surface area (Å²) in [4.78, 5) is 4.41. The lowest BCUT2D eigenvalue weighted by atomic mass is 10.1. The minimum absolute atomic E-state index is 0.668. The van der Waals surface area contributed by atoms with Crippen LogP contribution in [0.4, 0.5) is 5.95 Å². The summed E-state index contributed by atoms with van der Waals surface area (Å²) in [7, 11) is 0. The maximum absolute atomic E-state index is 4.41. The van der Waals surface area contributed by atoms with Crippen molar-refractivity contribution < 1.29 is 0 Å². The Balaban J connectivity index is 1.96. The van der Waals surface area contributed by atoms with E-state index in [0.717, 1.165) is 18.4 Å². The molecule has 0 aliphatic heterocycles. The minimum Gasteiger partial charge on any atom is -0.356 e. The van der Waals surface area contributed by atoms with Crippen molar-refractivity contribution in [3.05, 3.63) is 12.4 Å². The highest BCUT2D eigenvalue weighted by atomic mass is 15.2. The summed E-state index contributed by atoms with van der Waals surface area (Å²) >= 11 is 0. The van der Waals surface area contributed by atoms with Gasteiger partial charge in [0.2, 0.25) is 5.95 Å². The van der Waals surface area contributed by atoms with Gasteiger partial charge in [-0.2, -0.15) is 0 Å². The third kappa shape index (κ3) is 2.57. The van der Waals surface area contributed by atoms with Crippen LogP contribution >= 0.6 is 0 Å². The maximum Gasteiger partial charge on any atom is 0.203 e. The molecule has 3 heteroatoms. The zero-order chi connectivity index (χ0) is 11.4. The largest absolute Gasteiger partial charge is 0.356 e. The molecule has 1 heterocycles. The molecule has 1 N–H and O–H groups in total. The highest BCUT2D eigenvalue weighted by molar-refractivity contribution is 5.26. The minimum atomic E-state index is 0.668. The molecule has 1 aromatic heterocycles. The number of rotatable bonds is 5. The van der Waals surface area contributed by atoms with Gasteiger partial charge in [-0.15, -0.1) is 0 Å². The van der Waals surface area contributed by atoms with Gasteiger partial charge in [0.25, 0.3) is 0 Å². The molecule has 1 aromatic rings. The lowest BCUT2D eigenvalue weighted by Crippen LogP contribution is -2.11. The van der Waals surface area contributed by atoms with E-state index in [9.17, 15) is 0 Å². The summed E-state index contributed by atoms with van der Waals surface area (Å²) in [5.41, 5.74) is 0. The molecule has 16 heavy (non-hydrogen) atoms. The first-order valence-corrected chi connectivity index (χ1v) is 6.58. The first-order valence-electron chi connectivity index (χ1n) is 6.58. The third-order valence-corrected chi connectivity index (χ3v) is 3.54. The van der Waals surface area contributed by atoms with Crippen LogP contribution in [0.3, 0.4) is 0 Å². The van der Waals surface area contributed by atoms with Crippen LogP contribution in [0, 0.1) is 5.92 Å². The second-order valence-corrected chi connectivity index (χ2v) is 5.01. The van der Waals surface area contributed by atoms with Crippen molar-refractivity contribution in [3.8, 4) is 0 Å². The second-order valence-electron chi connectivity index (χ2n) is 5.01. The van der Waals surface area contributed by atoms with E-state index in [2.05, 4.69) is 34.9 Å². The first-order chi connectivity index (χ1) is 7.81. The van der Waals surface area contributed by atoms with Gasteiger partial charge < -0.3 is 9.88 Å². The van der Waals surface area contributed by atoms with Crippen LogP contribution in [0.1, 0.15) is 52.0 Å². The topological polar surface area (TPSA) is 29.9 Å². The Kier molecular flexibility index (Phi) is 3.86. The Labute approximate surface area is 98.3 Å². The van der Waals surface area contributed by atoms with Gasteiger partial charge in [0.1, 0.15) is 0 Å². The van der Waals surface area contributed by atoms with Crippen LogP contribution in [0.15, 0.2) is 12.4 Å². The molecule has 0 radical (unpaired) electrons. The standard InChI is InChI=1S/C13H23N3/c1-3-4-7-14-13-15-8-9-16(13)12-6-5-11(2)10-12/h8-9,11-12H,3-7,10H2,1-2H3,(H,14,15). The molecule has 1 aliphatic rings. The lowest BCUT2D eigenvalue weighted by molar-refractivity contribution is 0.497. The molecular weight excluding hydrogens is 198 g/mol. The smallest absolute Gasteiger partial charge is 0.203 e. The molecule has 0 bridgehead atoms. The first kappa shape index (κ1) is 11.5. The van der Waals surface area contributed by atoms with E-state index >= 15 is 0 Å². The second kappa shape index (κ2) is 5.37. The van der Waals surface area contributed by atoms with E-state index in [1.165, 1.54) is 32.1 Å². The summed E-state index contributed by atoms with van der Waals surface area (Å²) in [6, 6.07) is 0.668. The summed E-state index contributed by atoms with van der Waals surface area (Å²) in [5.74, 6) is 1.93. The zero-order valence-corrected chi connectivity index (χ0v) is 10.4. The quantitative estimate of drug-likeness (QED) is 0.772. The normalized spacial score (nSPS) is 24.9. The van der Waals surface area contributed by atoms with Gasteiger partial charge in [0.15, 0.2) is 0 Å². The van der Waals surface area contributed by atoms with E-state index in [1.54, 1.807) is 0 Å². The third-order valence-electron chi connectivity index (χ3n) is 3.54. The fraction of sp³-hybridized carbons (Fsp3) is 0.769. The van der Waals surface area contributed by atoms with Crippen molar-refractivity contribution in [2.75, 3.05) is 11.9 Å². The maximum atomic E-state index is 4.41. The van der Waals surface area contributed by atoms with Crippen LogP contribution in [-0.2, 0) is 0 Å². The molecule has 0 amide bonds. The van der Waals surface area contributed by atoms with E-state index in [1.807, 2.05) is 6.20 Å². The Hall–Kier alpha value is -0.990. The number of nitrogens with zero attached hydrogens (tertiary/aromatic N) is 2.